The van der Waals surface area contributed by atoms with Crippen LogP contribution in [0.2, 0.25) is 0 Å². The molecule has 1 aromatic rings. The van der Waals surface area contributed by atoms with Gasteiger partial charge in [-0.3, -0.25) is 9.88 Å². The van der Waals surface area contributed by atoms with Gasteiger partial charge in [0.2, 0.25) is 0 Å². The van der Waals surface area contributed by atoms with Gasteiger partial charge in [0.25, 0.3) is 0 Å². The highest BCUT2D eigenvalue weighted by molar-refractivity contribution is 5.60. The van der Waals surface area contributed by atoms with Crippen LogP contribution in [0.4, 0.5) is 5.69 Å². The first-order valence-corrected chi connectivity index (χ1v) is 7.05. The van der Waals surface area contributed by atoms with Gasteiger partial charge in [-0.25, -0.2) is 0 Å². The lowest BCUT2D eigenvalue weighted by molar-refractivity contribution is 0.0368. The summed E-state index contributed by atoms with van der Waals surface area (Å²) in [5.74, 6) is 0. The molecule has 1 fully saturated rings. The molecule has 1 N–H and O–H groups in total. The standard InChI is InChI=1S/C15H22N4O/c1-11-8-15(14(9-16)13(3)17-11)18-12(2)10-19-4-6-20-7-5-19/h8,12H,4-7,10H2,1-3H3,(H,17,18). The highest BCUT2D eigenvalue weighted by Crippen LogP contribution is 2.19. The Morgan fingerprint density at radius 3 is 2.80 bits per heavy atom. The van der Waals surface area contributed by atoms with Crippen molar-refractivity contribution in [3.05, 3.63) is 23.0 Å². The number of hydrogen-bond donors (Lipinski definition) is 1. The lowest BCUT2D eigenvalue weighted by atomic mass is 10.1. The lowest BCUT2D eigenvalue weighted by Crippen LogP contribution is -2.42. The number of aryl methyl sites for hydroxylation is 2. The van der Waals surface area contributed by atoms with Crippen molar-refractivity contribution in [2.45, 2.75) is 26.8 Å². The minimum atomic E-state index is 0.279. The zero-order chi connectivity index (χ0) is 14.5. The van der Waals surface area contributed by atoms with E-state index in [9.17, 15) is 5.26 Å². The van der Waals surface area contributed by atoms with Gasteiger partial charge >= 0.3 is 0 Å². The monoisotopic (exact) mass is 274 g/mol. The minimum absolute atomic E-state index is 0.279. The molecular formula is C15H22N4O. The molecule has 2 rings (SSSR count). The van der Waals surface area contributed by atoms with Crippen LogP contribution in [-0.4, -0.2) is 48.8 Å². The van der Waals surface area contributed by atoms with Crippen LogP contribution in [0.3, 0.4) is 0 Å². The molecule has 1 unspecified atom stereocenters. The molecule has 0 bridgehead atoms. The van der Waals surface area contributed by atoms with Gasteiger partial charge in [-0.15, -0.1) is 0 Å². The molecule has 1 aromatic heterocycles. The Morgan fingerprint density at radius 2 is 2.15 bits per heavy atom. The summed E-state index contributed by atoms with van der Waals surface area (Å²) >= 11 is 0. The Kier molecular flexibility index (Phi) is 4.94. The van der Waals surface area contributed by atoms with Crippen LogP contribution in [0.1, 0.15) is 23.9 Å². The summed E-state index contributed by atoms with van der Waals surface area (Å²) in [5.41, 5.74) is 3.25. The van der Waals surface area contributed by atoms with Crippen LogP contribution < -0.4 is 5.32 Å². The van der Waals surface area contributed by atoms with Crippen LogP contribution in [-0.2, 0) is 4.74 Å². The molecule has 5 nitrogen and oxygen atoms in total. The Balaban J connectivity index is 2.03. The largest absolute Gasteiger partial charge is 0.380 e. The number of morpholine rings is 1. The molecule has 0 saturated carbocycles. The fourth-order valence-electron chi connectivity index (χ4n) is 2.57. The topological polar surface area (TPSA) is 61.2 Å². The number of ether oxygens (including phenoxy) is 1. The van der Waals surface area contributed by atoms with Gasteiger partial charge in [-0.1, -0.05) is 0 Å². The molecule has 2 heterocycles. The fourth-order valence-corrected chi connectivity index (χ4v) is 2.57. The highest BCUT2D eigenvalue weighted by Gasteiger charge is 2.15. The molecule has 1 saturated heterocycles. The average Bonchev–Trinajstić information content (AvgIpc) is 2.39. The second-order valence-corrected chi connectivity index (χ2v) is 5.34. The molecule has 0 radical (unpaired) electrons. The summed E-state index contributed by atoms with van der Waals surface area (Å²) in [6.07, 6.45) is 0. The Labute approximate surface area is 120 Å². The molecule has 108 valence electrons. The van der Waals surface area contributed by atoms with Gasteiger partial charge in [0.15, 0.2) is 0 Å². The van der Waals surface area contributed by atoms with Crippen LogP contribution >= 0.6 is 0 Å². The molecule has 0 aliphatic carbocycles. The average molecular weight is 274 g/mol. The number of pyridine rings is 1. The SMILES string of the molecule is Cc1cc(NC(C)CN2CCOCC2)c(C#N)c(C)n1. The van der Waals surface area contributed by atoms with Crippen molar-refractivity contribution < 1.29 is 4.74 Å². The van der Waals surface area contributed by atoms with E-state index in [0.29, 0.717) is 5.56 Å². The lowest BCUT2D eigenvalue weighted by Gasteiger charge is -2.30. The fraction of sp³-hybridized carbons (Fsp3) is 0.600. The zero-order valence-corrected chi connectivity index (χ0v) is 12.4. The molecule has 1 aliphatic rings. The van der Waals surface area contributed by atoms with Gasteiger partial charge in [0.1, 0.15) is 6.07 Å². The smallest absolute Gasteiger partial charge is 0.103 e. The van der Waals surface area contributed by atoms with Gasteiger partial charge in [-0.2, -0.15) is 5.26 Å². The van der Waals surface area contributed by atoms with E-state index in [1.54, 1.807) is 0 Å². The van der Waals surface area contributed by atoms with Crippen molar-refractivity contribution in [2.24, 2.45) is 0 Å². The summed E-state index contributed by atoms with van der Waals surface area (Å²) in [7, 11) is 0. The molecular weight excluding hydrogens is 252 g/mol. The number of nitrogens with one attached hydrogen (secondary N) is 1. The third-order valence-electron chi connectivity index (χ3n) is 3.48. The van der Waals surface area contributed by atoms with Gasteiger partial charge in [-0.05, 0) is 26.8 Å². The third-order valence-corrected chi connectivity index (χ3v) is 3.48. The van der Waals surface area contributed by atoms with Crippen molar-refractivity contribution >= 4 is 5.69 Å². The first-order valence-electron chi connectivity index (χ1n) is 7.05. The molecule has 1 atom stereocenters. The van der Waals surface area contributed by atoms with E-state index in [1.165, 1.54) is 0 Å². The van der Waals surface area contributed by atoms with Crippen LogP contribution in [0.25, 0.3) is 0 Å². The minimum Gasteiger partial charge on any atom is -0.380 e. The Hall–Kier alpha value is -1.64. The van der Waals surface area contributed by atoms with Crippen molar-refractivity contribution in [1.82, 2.24) is 9.88 Å². The highest BCUT2D eigenvalue weighted by atomic mass is 16.5. The van der Waals surface area contributed by atoms with E-state index in [0.717, 1.165) is 49.9 Å². The molecule has 0 aromatic carbocycles. The summed E-state index contributed by atoms with van der Waals surface area (Å²) in [6.45, 7) is 10.5. The summed E-state index contributed by atoms with van der Waals surface area (Å²) in [6, 6.07) is 4.47. The quantitative estimate of drug-likeness (QED) is 0.905. The van der Waals surface area contributed by atoms with Gasteiger partial charge in [0.05, 0.1) is 30.2 Å². The Bertz CT molecular complexity index is 503. The van der Waals surface area contributed by atoms with Crippen molar-refractivity contribution in [1.29, 1.82) is 5.26 Å². The first-order chi connectivity index (χ1) is 9.60. The molecule has 1 aliphatic heterocycles. The van der Waals surface area contributed by atoms with Crippen LogP contribution in [0, 0.1) is 25.2 Å². The van der Waals surface area contributed by atoms with Crippen molar-refractivity contribution in [2.75, 3.05) is 38.2 Å². The maximum absolute atomic E-state index is 9.27. The van der Waals surface area contributed by atoms with E-state index in [-0.39, 0.29) is 6.04 Å². The Morgan fingerprint density at radius 1 is 1.45 bits per heavy atom. The summed E-state index contributed by atoms with van der Waals surface area (Å²) < 4.78 is 5.35. The second kappa shape index (κ2) is 6.69. The van der Waals surface area contributed by atoms with Gasteiger partial charge < -0.3 is 10.1 Å². The summed E-state index contributed by atoms with van der Waals surface area (Å²) in [4.78, 5) is 6.72. The number of rotatable bonds is 4. The van der Waals surface area contributed by atoms with E-state index in [2.05, 4.69) is 28.2 Å². The molecule has 0 spiro atoms. The zero-order valence-electron chi connectivity index (χ0n) is 12.4. The number of nitrogens with zero attached hydrogens (tertiary/aromatic N) is 3. The van der Waals surface area contributed by atoms with E-state index >= 15 is 0 Å². The third kappa shape index (κ3) is 3.69. The first kappa shape index (κ1) is 14.8. The molecule has 20 heavy (non-hydrogen) atoms. The predicted octanol–water partition coefficient (Wildman–Crippen LogP) is 1.70. The summed E-state index contributed by atoms with van der Waals surface area (Å²) in [5, 5.41) is 12.7. The van der Waals surface area contributed by atoms with Crippen LogP contribution in [0.15, 0.2) is 6.07 Å². The molecule has 5 heteroatoms. The normalized spacial score (nSPS) is 17.5. The van der Waals surface area contributed by atoms with Crippen LogP contribution in [0.5, 0.6) is 0 Å². The maximum atomic E-state index is 9.27. The van der Waals surface area contributed by atoms with Gasteiger partial charge in [0, 0.05) is 31.4 Å². The number of hydrogen-bond acceptors (Lipinski definition) is 5. The van der Waals surface area contributed by atoms with E-state index < -0.39 is 0 Å². The van der Waals surface area contributed by atoms with Crippen molar-refractivity contribution in [3.8, 4) is 6.07 Å². The number of anilines is 1. The maximum Gasteiger partial charge on any atom is 0.103 e. The number of nitriles is 1. The van der Waals surface area contributed by atoms with Crippen molar-refractivity contribution in [3.63, 3.8) is 0 Å². The van der Waals surface area contributed by atoms with E-state index in [1.807, 2.05) is 19.9 Å². The molecule has 0 amide bonds. The predicted molar refractivity (Wildman–Crippen MR) is 78.8 cm³/mol. The second-order valence-electron chi connectivity index (χ2n) is 5.34. The van der Waals surface area contributed by atoms with E-state index in [4.69, 9.17) is 4.74 Å². The number of aromatic nitrogens is 1.